The molecule has 0 fully saturated rings. The van der Waals surface area contributed by atoms with Gasteiger partial charge in [-0.2, -0.15) is 13.2 Å². The molecule has 15 heavy (non-hydrogen) atoms. The molecule has 0 bridgehead atoms. The van der Waals surface area contributed by atoms with Crippen LogP contribution in [0.3, 0.4) is 0 Å². The Balaban J connectivity index is 2.91. The number of alkyl halides is 3. The molecule has 2 nitrogen and oxygen atoms in total. The first kappa shape index (κ1) is 11.6. The molecule has 5 heteroatoms. The fraction of sp³-hybridized carbons (Fsp3) is 0.300. The van der Waals surface area contributed by atoms with Crippen LogP contribution in [0.2, 0.25) is 0 Å². The summed E-state index contributed by atoms with van der Waals surface area (Å²) in [6.07, 6.45) is -4.85. The summed E-state index contributed by atoms with van der Waals surface area (Å²) in [6.45, 7) is 3.42. The van der Waals surface area contributed by atoms with Crippen molar-refractivity contribution < 1.29 is 18.0 Å². The lowest BCUT2D eigenvalue weighted by atomic mass is 10.1. The van der Waals surface area contributed by atoms with Gasteiger partial charge in [0.05, 0.1) is 0 Å². The van der Waals surface area contributed by atoms with Crippen LogP contribution in [0.4, 0.5) is 18.9 Å². The number of hydrogen-bond donors (Lipinski definition) is 1. The molecule has 0 radical (unpaired) electrons. The SMILES string of the molecule is Cc1cccc(NC(=O)C(F)(F)F)c1C. The van der Waals surface area contributed by atoms with Crippen LogP contribution in [0, 0.1) is 13.8 Å². The molecule has 0 spiro atoms. The van der Waals surface area contributed by atoms with Gasteiger partial charge in [0.25, 0.3) is 0 Å². The van der Waals surface area contributed by atoms with Crippen LogP contribution in [0.1, 0.15) is 11.1 Å². The quantitative estimate of drug-likeness (QED) is 0.769. The van der Waals surface area contributed by atoms with E-state index >= 15 is 0 Å². The highest BCUT2D eigenvalue weighted by molar-refractivity contribution is 5.95. The van der Waals surface area contributed by atoms with Gasteiger partial charge in [0.1, 0.15) is 0 Å². The number of aryl methyl sites for hydroxylation is 1. The average molecular weight is 217 g/mol. The minimum absolute atomic E-state index is 0.192. The van der Waals surface area contributed by atoms with Crippen molar-refractivity contribution in [3.8, 4) is 0 Å². The number of rotatable bonds is 1. The average Bonchev–Trinajstić information content (AvgIpc) is 2.11. The van der Waals surface area contributed by atoms with E-state index in [1.54, 1.807) is 26.0 Å². The van der Waals surface area contributed by atoms with Gasteiger partial charge < -0.3 is 5.32 Å². The van der Waals surface area contributed by atoms with Gasteiger partial charge in [-0.3, -0.25) is 4.79 Å². The van der Waals surface area contributed by atoms with Crippen LogP contribution in [0.25, 0.3) is 0 Å². The first-order valence-electron chi connectivity index (χ1n) is 4.27. The smallest absolute Gasteiger partial charge is 0.318 e. The monoisotopic (exact) mass is 217 g/mol. The molecule has 1 aromatic carbocycles. The Morgan fingerprint density at radius 2 is 1.87 bits per heavy atom. The lowest BCUT2D eigenvalue weighted by Gasteiger charge is -2.11. The van der Waals surface area contributed by atoms with Gasteiger partial charge >= 0.3 is 12.1 Å². The van der Waals surface area contributed by atoms with Crippen molar-refractivity contribution >= 4 is 11.6 Å². The molecule has 0 saturated carbocycles. The molecule has 82 valence electrons. The topological polar surface area (TPSA) is 29.1 Å². The molecule has 1 N–H and O–H groups in total. The highest BCUT2D eigenvalue weighted by Crippen LogP contribution is 2.22. The second-order valence-corrected chi connectivity index (χ2v) is 3.20. The number of carbonyl (C=O) groups excluding carboxylic acids is 1. The molecule has 0 saturated heterocycles. The third-order valence-corrected chi connectivity index (χ3v) is 2.11. The van der Waals surface area contributed by atoms with E-state index in [4.69, 9.17) is 0 Å². The zero-order valence-electron chi connectivity index (χ0n) is 8.27. The maximum atomic E-state index is 12.0. The van der Waals surface area contributed by atoms with Crippen molar-refractivity contribution in [2.75, 3.05) is 5.32 Å². The zero-order chi connectivity index (χ0) is 11.6. The predicted octanol–water partition coefficient (Wildman–Crippen LogP) is 2.80. The van der Waals surface area contributed by atoms with E-state index in [0.717, 1.165) is 5.56 Å². The second kappa shape index (κ2) is 3.92. The van der Waals surface area contributed by atoms with E-state index in [2.05, 4.69) is 0 Å². The molecule has 0 unspecified atom stereocenters. The third kappa shape index (κ3) is 2.71. The Kier molecular flexibility index (Phi) is 3.02. The fourth-order valence-corrected chi connectivity index (χ4v) is 1.08. The van der Waals surface area contributed by atoms with Gasteiger partial charge in [-0.15, -0.1) is 0 Å². The van der Waals surface area contributed by atoms with Gasteiger partial charge in [0.15, 0.2) is 0 Å². The highest BCUT2D eigenvalue weighted by Gasteiger charge is 2.38. The number of benzene rings is 1. The largest absolute Gasteiger partial charge is 0.471 e. The van der Waals surface area contributed by atoms with Crippen molar-refractivity contribution in [1.29, 1.82) is 0 Å². The molecule has 0 aliphatic heterocycles. The van der Waals surface area contributed by atoms with Crippen LogP contribution in [-0.2, 0) is 4.79 Å². The first-order chi connectivity index (χ1) is 6.82. The van der Waals surface area contributed by atoms with E-state index in [-0.39, 0.29) is 5.69 Å². The molecule has 0 aromatic heterocycles. The Bertz CT molecular complexity index is 385. The van der Waals surface area contributed by atoms with Crippen LogP contribution in [0.15, 0.2) is 18.2 Å². The van der Waals surface area contributed by atoms with Crippen LogP contribution >= 0.6 is 0 Å². The van der Waals surface area contributed by atoms with E-state index < -0.39 is 12.1 Å². The number of hydrogen-bond acceptors (Lipinski definition) is 1. The number of halogens is 3. The first-order valence-corrected chi connectivity index (χ1v) is 4.27. The molecular formula is C10H10F3NO. The summed E-state index contributed by atoms with van der Waals surface area (Å²) in [5, 5.41) is 1.83. The van der Waals surface area contributed by atoms with Crippen LogP contribution < -0.4 is 5.32 Å². The van der Waals surface area contributed by atoms with Crippen molar-refractivity contribution in [3.63, 3.8) is 0 Å². The minimum Gasteiger partial charge on any atom is -0.318 e. The summed E-state index contributed by atoms with van der Waals surface area (Å²) in [5.41, 5.74) is 1.65. The van der Waals surface area contributed by atoms with E-state index in [9.17, 15) is 18.0 Å². The number of anilines is 1. The summed E-state index contributed by atoms with van der Waals surface area (Å²) >= 11 is 0. The Morgan fingerprint density at radius 1 is 1.27 bits per heavy atom. The molecule has 1 rings (SSSR count). The molecule has 0 heterocycles. The Morgan fingerprint density at radius 3 is 2.40 bits per heavy atom. The predicted molar refractivity (Wildman–Crippen MR) is 50.6 cm³/mol. The summed E-state index contributed by atoms with van der Waals surface area (Å²) in [7, 11) is 0. The van der Waals surface area contributed by atoms with Crippen LogP contribution in [0.5, 0.6) is 0 Å². The van der Waals surface area contributed by atoms with Gasteiger partial charge in [-0.1, -0.05) is 12.1 Å². The van der Waals surface area contributed by atoms with E-state index in [1.807, 2.05) is 5.32 Å². The molecule has 1 amide bonds. The van der Waals surface area contributed by atoms with Crippen molar-refractivity contribution in [2.24, 2.45) is 0 Å². The lowest BCUT2D eigenvalue weighted by molar-refractivity contribution is -0.167. The number of nitrogens with one attached hydrogen (secondary N) is 1. The summed E-state index contributed by atoms with van der Waals surface area (Å²) in [4.78, 5) is 10.7. The number of carbonyl (C=O) groups is 1. The highest BCUT2D eigenvalue weighted by atomic mass is 19.4. The Labute approximate surface area is 85.1 Å². The fourth-order valence-electron chi connectivity index (χ4n) is 1.08. The van der Waals surface area contributed by atoms with Crippen molar-refractivity contribution in [1.82, 2.24) is 0 Å². The van der Waals surface area contributed by atoms with Crippen molar-refractivity contribution in [2.45, 2.75) is 20.0 Å². The lowest BCUT2D eigenvalue weighted by Crippen LogP contribution is -2.30. The van der Waals surface area contributed by atoms with Gasteiger partial charge in [-0.05, 0) is 31.0 Å². The van der Waals surface area contributed by atoms with Crippen molar-refractivity contribution in [3.05, 3.63) is 29.3 Å². The maximum absolute atomic E-state index is 12.0. The third-order valence-electron chi connectivity index (χ3n) is 2.11. The van der Waals surface area contributed by atoms with Gasteiger partial charge in [0.2, 0.25) is 0 Å². The van der Waals surface area contributed by atoms with Gasteiger partial charge in [0, 0.05) is 5.69 Å². The number of amides is 1. The van der Waals surface area contributed by atoms with Crippen LogP contribution in [-0.4, -0.2) is 12.1 Å². The molecule has 1 aromatic rings. The summed E-state index contributed by atoms with van der Waals surface area (Å²) in [5.74, 6) is -1.95. The summed E-state index contributed by atoms with van der Waals surface area (Å²) < 4.78 is 35.9. The second-order valence-electron chi connectivity index (χ2n) is 3.20. The van der Waals surface area contributed by atoms with E-state index in [0.29, 0.717) is 5.56 Å². The zero-order valence-corrected chi connectivity index (χ0v) is 8.27. The van der Waals surface area contributed by atoms with E-state index in [1.165, 1.54) is 6.07 Å². The summed E-state index contributed by atoms with van der Waals surface area (Å²) in [6, 6.07) is 4.79. The molecule has 0 atom stereocenters. The molecule has 0 aliphatic rings. The molecular weight excluding hydrogens is 207 g/mol. The normalized spacial score (nSPS) is 11.3. The maximum Gasteiger partial charge on any atom is 0.471 e. The Hall–Kier alpha value is -1.52. The van der Waals surface area contributed by atoms with Gasteiger partial charge in [-0.25, -0.2) is 0 Å². The minimum atomic E-state index is -4.85. The standard InChI is InChI=1S/C10H10F3NO/c1-6-4-3-5-8(7(6)2)14-9(15)10(11,12)13/h3-5H,1-2H3,(H,14,15). The molecule has 0 aliphatic carbocycles.